The molecule has 0 unspecified atom stereocenters. The third kappa shape index (κ3) is 2.33. The number of H-pyrrole nitrogens is 2. The average molecular weight is 290 g/mol. The standard InChI is InChI=1S/C19H19N3/c1-13-20-17-12-16(14-8-4-2-5-9-14)22-19(17)18(21-13)15-10-6-3-7-11-15/h2,4-5,8-10,12,22H,3,6-7,11H2,1H3/p+1. The summed E-state index contributed by atoms with van der Waals surface area (Å²) in [5.74, 6) is 0.965. The van der Waals surface area contributed by atoms with Gasteiger partial charge in [0, 0.05) is 13.0 Å². The summed E-state index contributed by atoms with van der Waals surface area (Å²) in [6.07, 6.45) is 7.27. The maximum atomic E-state index is 4.66. The second kappa shape index (κ2) is 5.41. The predicted molar refractivity (Wildman–Crippen MR) is 89.3 cm³/mol. The molecule has 3 aromatic rings. The van der Waals surface area contributed by atoms with Crippen LogP contribution in [0.2, 0.25) is 0 Å². The number of aromatic nitrogens is 3. The molecule has 0 fully saturated rings. The van der Waals surface area contributed by atoms with Crippen molar-refractivity contribution >= 4 is 16.6 Å². The van der Waals surface area contributed by atoms with Crippen LogP contribution >= 0.6 is 0 Å². The van der Waals surface area contributed by atoms with Crippen LogP contribution in [0.1, 0.15) is 37.2 Å². The number of nitrogens with one attached hydrogen (secondary N) is 2. The number of benzene rings is 1. The largest absolute Gasteiger partial charge is 0.348 e. The molecule has 2 heterocycles. The number of rotatable bonds is 2. The highest BCUT2D eigenvalue weighted by molar-refractivity contribution is 5.89. The molecule has 0 radical (unpaired) electrons. The van der Waals surface area contributed by atoms with E-state index in [1.807, 2.05) is 13.0 Å². The van der Waals surface area contributed by atoms with Crippen LogP contribution in [-0.2, 0) is 0 Å². The first kappa shape index (κ1) is 13.3. The molecule has 3 heteroatoms. The molecule has 4 rings (SSSR count). The molecule has 2 N–H and O–H groups in total. The summed E-state index contributed by atoms with van der Waals surface area (Å²) in [4.78, 5) is 11.7. The molecule has 0 atom stereocenters. The Balaban J connectivity index is 1.90. The molecule has 22 heavy (non-hydrogen) atoms. The van der Waals surface area contributed by atoms with Gasteiger partial charge in [0.25, 0.3) is 5.82 Å². The number of hydrogen-bond acceptors (Lipinski definition) is 1. The van der Waals surface area contributed by atoms with Crippen molar-refractivity contribution in [3.8, 4) is 11.3 Å². The van der Waals surface area contributed by atoms with E-state index in [-0.39, 0.29) is 0 Å². The fourth-order valence-corrected chi connectivity index (χ4v) is 3.25. The van der Waals surface area contributed by atoms with Crippen molar-refractivity contribution in [2.45, 2.75) is 32.6 Å². The van der Waals surface area contributed by atoms with Gasteiger partial charge in [0.05, 0.1) is 5.69 Å². The van der Waals surface area contributed by atoms with Gasteiger partial charge in [-0.3, -0.25) is 0 Å². The predicted octanol–water partition coefficient (Wildman–Crippen LogP) is 4.31. The Morgan fingerprint density at radius 3 is 2.77 bits per heavy atom. The number of hydrogen-bond donors (Lipinski definition) is 1. The average Bonchev–Trinajstić information content (AvgIpc) is 2.99. The molecular weight excluding hydrogens is 270 g/mol. The van der Waals surface area contributed by atoms with E-state index in [9.17, 15) is 0 Å². The molecule has 0 saturated heterocycles. The first-order valence-corrected chi connectivity index (χ1v) is 7.99. The fraction of sp³-hybridized carbons (Fsp3) is 0.263. The second-order valence-electron chi connectivity index (χ2n) is 5.98. The number of aryl methyl sites for hydroxylation is 1. The lowest BCUT2D eigenvalue weighted by Crippen LogP contribution is -2.17. The van der Waals surface area contributed by atoms with Crippen molar-refractivity contribution in [1.82, 2.24) is 9.97 Å². The molecule has 1 aliphatic carbocycles. The SMILES string of the molecule is Cc1nc2cc(-c3ccccc3)[nH]c2c(C2=CCCCC2)[nH+]1. The molecule has 0 amide bonds. The van der Waals surface area contributed by atoms with E-state index in [1.54, 1.807) is 0 Å². The third-order valence-corrected chi connectivity index (χ3v) is 4.34. The van der Waals surface area contributed by atoms with Crippen LogP contribution in [0.25, 0.3) is 27.9 Å². The molecule has 1 aromatic carbocycles. The van der Waals surface area contributed by atoms with Gasteiger partial charge in [0.1, 0.15) is 5.52 Å². The summed E-state index contributed by atoms with van der Waals surface area (Å²) in [5, 5.41) is 0. The molecule has 110 valence electrons. The smallest absolute Gasteiger partial charge is 0.294 e. The highest BCUT2D eigenvalue weighted by atomic mass is 14.9. The zero-order valence-electron chi connectivity index (χ0n) is 12.8. The summed E-state index contributed by atoms with van der Waals surface area (Å²) in [6.45, 7) is 2.03. The van der Waals surface area contributed by atoms with E-state index in [0.29, 0.717) is 0 Å². The summed E-state index contributed by atoms with van der Waals surface area (Å²) >= 11 is 0. The van der Waals surface area contributed by atoms with Gasteiger partial charge in [0.2, 0.25) is 5.52 Å². The highest BCUT2D eigenvalue weighted by Gasteiger charge is 2.20. The van der Waals surface area contributed by atoms with Crippen molar-refractivity contribution in [3.63, 3.8) is 0 Å². The van der Waals surface area contributed by atoms with Crippen molar-refractivity contribution in [2.24, 2.45) is 0 Å². The Labute approximate surface area is 130 Å². The Morgan fingerprint density at radius 2 is 2.00 bits per heavy atom. The van der Waals surface area contributed by atoms with Gasteiger partial charge in [-0.15, -0.1) is 0 Å². The molecule has 0 saturated carbocycles. The minimum absolute atomic E-state index is 0.965. The third-order valence-electron chi connectivity index (χ3n) is 4.34. The summed E-state index contributed by atoms with van der Waals surface area (Å²) in [6, 6.07) is 12.6. The van der Waals surface area contributed by atoms with Crippen LogP contribution in [-0.4, -0.2) is 9.97 Å². The molecule has 1 aliphatic rings. The number of fused-ring (bicyclic) bond motifs is 1. The maximum Gasteiger partial charge on any atom is 0.294 e. The Kier molecular flexibility index (Phi) is 3.26. The zero-order chi connectivity index (χ0) is 14.9. The Bertz CT molecular complexity index is 844. The van der Waals surface area contributed by atoms with Crippen molar-refractivity contribution in [3.05, 3.63) is 54.0 Å². The van der Waals surface area contributed by atoms with Crippen LogP contribution in [0.4, 0.5) is 0 Å². The van der Waals surface area contributed by atoms with Gasteiger partial charge >= 0.3 is 0 Å². The van der Waals surface area contributed by atoms with Gasteiger partial charge in [0.15, 0.2) is 5.69 Å². The monoisotopic (exact) mass is 290 g/mol. The topological polar surface area (TPSA) is 42.8 Å². The zero-order valence-corrected chi connectivity index (χ0v) is 12.8. The van der Waals surface area contributed by atoms with Crippen LogP contribution < -0.4 is 4.98 Å². The second-order valence-corrected chi connectivity index (χ2v) is 5.98. The van der Waals surface area contributed by atoms with E-state index >= 15 is 0 Å². The summed E-state index contributed by atoms with van der Waals surface area (Å²) < 4.78 is 0. The van der Waals surface area contributed by atoms with Gasteiger partial charge in [-0.2, -0.15) is 0 Å². The van der Waals surface area contributed by atoms with E-state index in [4.69, 9.17) is 0 Å². The van der Waals surface area contributed by atoms with E-state index in [1.165, 1.54) is 36.1 Å². The number of allylic oxidation sites excluding steroid dienone is 2. The lowest BCUT2D eigenvalue weighted by Gasteiger charge is -2.10. The normalized spacial score (nSPS) is 15.0. The van der Waals surface area contributed by atoms with Crippen LogP contribution in [0.3, 0.4) is 0 Å². The number of nitrogens with zero attached hydrogens (tertiary/aromatic N) is 1. The maximum absolute atomic E-state index is 4.66. The molecule has 3 nitrogen and oxygen atoms in total. The van der Waals surface area contributed by atoms with Crippen molar-refractivity contribution in [2.75, 3.05) is 0 Å². The van der Waals surface area contributed by atoms with Crippen LogP contribution in [0.15, 0.2) is 42.5 Å². The minimum Gasteiger partial charge on any atom is -0.348 e. The van der Waals surface area contributed by atoms with Gasteiger partial charge in [-0.25, -0.2) is 4.98 Å². The lowest BCUT2D eigenvalue weighted by molar-refractivity contribution is -0.394. The summed E-state index contributed by atoms with van der Waals surface area (Å²) in [7, 11) is 0. The quantitative estimate of drug-likeness (QED) is 0.751. The first-order chi connectivity index (χ1) is 10.8. The van der Waals surface area contributed by atoms with Crippen LogP contribution in [0.5, 0.6) is 0 Å². The van der Waals surface area contributed by atoms with E-state index < -0.39 is 0 Å². The van der Waals surface area contributed by atoms with Gasteiger partial charge in [-0.05, 0) is 41.8 Å². The van der Waals surface area contributed by atoms with Crippen molar-refractivity contribution < 1.29 is 4.98 Å². The molecule has 0 spiro atoms. The summed E-state index contributed by atoms with van der Waals surface area (Å²) in [5.41, 5.74) is 7.11. The van der Waals surface area contributed by atoms with Gasteiger partial charge in [-0.1, -0.05) is 36.4 Å². The number of aromatic amines is 2. The molecule has 0 bridgehead atoms. The molecule has 0 aliphatic heterocycles. The minimum atomic E-state index is 0.965. The van der Waals surface area contributed by atoms with E-state index in [0.717, 1.165) is 29.0 Å². The lowest BCUT2D eigenvalue weighted by atomic mass is 9.96. The van der Waals surface area contributed by atoms with Crippen molar-refractivity contribution in [1.29, 1.82) is 0 Å². The fourth-order valence-electron chi connectivity index (χ4n) is 3.25. The molecule has 2 aromatic heterocycles. The Hall–Kier alpha value is -2.42. The van der Waals surface area contributed by atoms with E-state index in [2.05, 4.69) is 51.4 Å². The Morgan fingerprint density at radius 1 is 1.14 bits per heavy atom. The van der Waals surface area contributed by atoms with Crippen LogP contribution in [0, 0.1) is 6.92 Å². The molecular formula is C19H20N3+. The highest BCUT2D eigenvalue weighted by Crippen LogP contribution is 2.30. The van der Waals surface area contributed by atoms with Gasteiger partial charge < -0.3 is 4.98 Å². The first-order valence-electron chi connectivity index (χ1n) is 7.99.